The van der Waals surface area contributed by atoms with Gasteiger partial charge in [0.15, 0.2) is 17.1 Å². The average Bonchev–Trinajstić information content (AvgIpc) is 2.73. The van der Waals surface area contributed by atoms with Crippen molar-refractivity contribution < 1.29 is 90.9 Å². The number of ether oxygens (including phenoxy) is 2. The zero-order valence-electron chi connectivity index (χ0n) is 19.2. The topological polar surface area (TPSA) is 342 Å². The van der Waals surface area contributed by atoms with Crippen LogP contribution in [0.25, 0.3) is 0 Å². The second-order valence-corrected chi connectivity index (χ2v) is 9.07. The van der Waals surface area contributed by atoms with Gasteiger partial charge >= 0.3 is 18.1 Å². The van der Waals surface area contributed by atoms with Gasteiger partial charge in [-0.15, -0.1) is 0 Å². The molecule has 1 saturated heterocycles. The van der Waals surface area contributed by atoms with Crippen LogP contribution in [-0.2, 0) is 11.2 Å². The SMILES string of the molecule is COc1cc2c(cc1OC(O)(O)O)C1N(CC2)CC(O)(C(O)(O)C(O)(C(O)(O)O)C(O)(O)O)C(=O)C1(O)O. The summed E-state index contributed by atoms with van der Waals surface area (Å²) in [6, 6.07) is 0.0835. The number of carbonyl (C=O) groups excluding carboxylic acids is 1. The summed E-state index contributed by atoms with van der Waals surface area (Å²) in [5, 5.41) is 148. The van der Waals surface area contributed by atoms with E-state index in [0.29, 0.717) is 0 Å². The smallest absolute Gasteiger partial charge is 0.453 e. The van der Waals surface area contributed by atoms with Crippen molar-refractivity contribution >= 4 is 5.78 Å². The van der Waals surface area contributed by atoms with Gasteiger partial charge in [0.25, 0.3) is 5.60 Å². The summed E-state index contributed by atoms with van der Waals surface area (Å²) in [5.74, 6) is -22.4. The lowest BCUT2D eigenvalue weighted by molar-refractivity contribution is -0.553. The van der Waals surface area contributed by atoms with Crippen LogP contribution in [0.5, 0.6) is 11.5 Å². The van der Waals surface area contributed by atoms with Crippen LogP contribution in [0.4, 0.5) is 0 Å². The molecule has 38 heavy (non-hydrogen) atoms. The first-order valence-electron chi connectivity index (χ1n) is 10.4. The predicted molar refractivity (Wildman–Crippen MR) is 109 cm³/mol. The molecule has 0 spiro atoms. The maximum atomic E-state index is 13.1. The summed E-state index contributed by atoms with van der Waals surface area (Å²) < 4.78 is 9.53. The van der Waals surface area contributed by atoms with Crippen LogP contribution in [0.15, 0.2) is 12.1 Å². The van der Waals surface area contributed by atoms with Gasteiger partial charge in [-0.1, -0.05) is 0 Å². The molecule has 2 atom stereocenters. The summed E-state index contributed by atoms with van der Waals surface area (Å²) in [7, 11) is 1.13. The molecule has 0 amide bonds. The van der Waals surface area contributed by atoms with Crippen LogP contribution in [-0.4, -0.2) is 148 Å². The Bertz CT molecular complexity index is 1080. The monoisotopic (exact) mass is 557 g/mol. The number of piperidine rings is 1. The van der Waals surface area contributed by atoms with Crippen LogP contribution in [0.1, 0.15) is 17.2 Å². The van der Waals surface area contributed by atoms with E-state index in [1.807, 2.05) is 0 Å². The Labute approximate surface area is 210 Å². The molecule has 1 aromatic rings. The molecule has 216 valence electrons. The molecule has 15 N–H and O–H groups in total. The molecule has 19 nitrogen and oxygen atoms in total. The minimum absolute atomic E-state index is 0.104. The fourth-order valence-electron chi connectivity index (χ4n) is 4.76. The van der Waals surface area contributed by atoms with E-state index in [2.05, 4.69) is 4.74 Å². The maximum Gasteiger partial charge on any atom is 0.453 e. The molecule has 1 fully saturated rings. The van der Waals surface area contributed by atoms with Gasteiger partial charge in [0, 0.05) is 13.1 Å². The first kappa shape index (κ1) is 30.4. The van der Waals surface area contributed by atoms with Crippen molar-refractivity contribution in [3.8, 4) is 11.5 Å². The Balaban J connectivity index is 2.19. The number of rotatable bonds is 7. The largest absolute Gasteiger partial charge is 0.493 e. The zero-order valence-corrected chi connectivity index (χ0v) is 19.2. The number of carbonyl (C=O) groups is 1. The Hall–Kier alpha value is -2.15. The molecule has 3 rings (SSSR count). The maximum absolute atomic E-state index is 13.1. The van der Waals surface area contributed by atoms with Crippen LogP contribution < -0.4 is 9.47 Å². The highest BCUT2D eigenvalue weighted by atomic mass is 16.9. The molecule has 2 aliphatic rings. The van der Waals surface area contributed by atoms with Gasteiger partial charge in [-0.25, -0.2) is 0 Å². The van der Waals surface area contributed by atoms with Gasteiger partial charge in [-0.05, 0) is 29.7 Å². The molecule has 0 aromatic heterocycles. The van der Waals surface area contributed by atoms with Crippen LogP contribution in [0, 0.1) is 0 Å². The van der Waals surface area contributed by atoms with E-state index in [4.69, 9.17) is 4.74 Å². The van der Waals surface area contributed by atoms with Gasteiger partial charge in [-0.3, -0.25) is 9.69 Å². The van der Waals surface area contributed by atoms with E-state index >= 15 is 0 Å². The van der Waals surface area contributed by atoms with Crippen molar-refractivity contribution in [3.05, 3.63) is 23.3 Å². The first-order chi connectivity index (χ1) is 16.9. The number of hydrogen-bond donors (Lipinski definition) is 15. The van der Waals surface area contributed by atoms with E-state index in [1.165, 1.54) is 6.07 Å². The highest BCUT2D eigenvalue weighted by Crippen LogP contribution is 2.51. The summed E-state index contributed by atoms with van der Waals surface area (Å²) in [6.07, 6.45) is -3.85. The molecular weight excluding hydrogens is 530 g/mol. The fraction of sp³-hybridized carbons (Fsp3) is 0.632. The number of fused-ring (bicyclic) bond motifs is 3. The van der Waals surface area contributed by atoms with E-state index in [-0.39, 0.29) is 29.8 Å². The van der Waals surface area contributed by atoms with Crippen molar-refractivity contribution in [2.75, 3.05) is 20.2 Å². The third kappa shape index (κ3) is 4.24. The Morgan fingerprint density at radius 1 is 0.868 bits per heavy atom. The molecule has 2 aliphatic heterocycles. The van der Waals surface area contributed by atoms with Crippen LogP contribution >= 0.6 is 0 Å². The number of Topliss-reactive ketones (excluding diaryl/α,β-unsaturated/α-hetero) is 1. The molecule has 0 saturated carbocycles. The Morgan fingerprint density at radius 2 is 1.39 bits per heavy atom. The lowest BCUT2D eigenvalue weighted by Gasteiger charge is -2.58. The van der Waals surface area contributed by atoms with Crippen LogP contribution in [0.3, 0.4) is 0 Å². The summed E-state index contributed by atoms with van der Waals surface area (Å²) >= 11 is 0. The van der Waals surface area contributed by atoms with E-state index in [9.17, 15) is 81.4 Å². The van der Waals surface area contributed by atoms with Crippen molar-refractivity contribution in [2.24, 2.45) is 0 Å². The fourth-order valence-corrected chi connectivity index (χ4v) is 4.76. The molecule has 2 heterocycles. The number of nitrogens with zero attached hydrogens (tertiary/aromatic N) is 1. The van der Waals surface area contributed by atoms with E-state index in [0.717, 1.165) is 18.1 Å². The average molecular weight is 557 g/mol. The van der Waals surface area contributed by atoms with Crippen LogP contribution in [0.2, 0.25) is 0 Å². The van der Waals surface area contributed by atoms with Gasteiger partial charge in [-0.2, -0.15) is 0 Å². The van der Waals surface area contributed by atoms with E-state index < -0.39 is 65.0 Å². The predicted octanol–water partition coefficient (Wildman–Crippen LogP) is -8.77. The van der Waals surface area contributed by atoms with Gasteiger partial charge < -0.3 is 86.1 Å². The van der Waals surface area contributed by atoms with Crippen molar-refractivity contribution in [3.63, 3.8) is 0 Å². The third-order valence-electron chi connectivity index (χ3n) is 6.58. The molecule has 2 unspecified atom stereocenters. The highest BCUT2D eigenvalue weighted by Gasteiger charge is 2.83. The van der Waals surface area contributed by atoms with Gasteiger partial charge in [0.2, 0.25) is 17.4 Å². The second-order valence-electron chi connectivity index (χ2n) is 9.07. The normalized spacial score (nSPS) is 25.1. The number of methoxy groups -OCH3 is 1. The summed E-state index contributed by atoms with van der Waals surface area (Å²) in [4.78, 5) is 13.9. The number of aliphatic hydroxyl groups is 15. The quantitative estimate of drug-likeness (QED) is 0.138. The van der Waals surface area contributed by atoms with Crippen molar-refractivity contribution in [2.45, 2.75) is 53.3 Å². The van der Waals surface area contributed by atoms with Crippen molar-refractivity contribution in [1.82, 2.24) is 4.90 Å². The molecule has 19 heteroatoms. The molecule has 0 radical (unpaired) electrons. The number of ketones is 1. The summed E-state index contributed by atoms with van der Waals surface area (Å²) in [6.45, 7) is -1.85. The summed E-state index contributed by atoms with van der Waals surface area (Å²) in [5.41, 5.74) is -9.51. The number of hydrogen-bond acceptors (Lipinski definition) is 19. The van der Waals surface area contributed by atoms with Gasteiger partial charge in [0.05, 0.1) is 13.2 Å². The highest BCUT2D eigenvalue weighted by molar-refractivity contribution is 5.96. The van der Waals surface area contributed by atoms with E-state index in [1.54, 1.807) is 0 Å². The zero-order chi connectivity index (χ0) is 29.5. The molecule has 0 bridgehead atoms. The number of benzene rings is 1. The Kier molecular flexibility index (Phi) is 6.94. The lowest BCUT2D eigenvalue weighted by atomic mass is 9.67. The molecule has 0 aliphatic carbocycles. The lowest BCUT2D eigenvalue weighted by Crippen LogP contribution is -2.88. The Morgan fingerprint density at radius 3 is 1.84 bits per heavy atom. The second kappa shape index (κ2) is 8.67. The minimum Gasteiger partial charge on any atom is -0.493 e. The third-order valence-corrected chi connectivity index (χ3v) is 6.58. The van der Waals surface area contributed by atoms with Gasteiger partial charge in [0.1, 0.15) is 0 Å². The standard InChI is InChI=1S/C19H27NO18/c1-37-9-4-7-2-3-20-6-13(22,16(26,27)15(25,17(28,29)30)18(31,32)33)12(21)14(23,24)11(20)8(7)5-10(9)38-19(34,35)36/h4-5,11,22-36H,2-3,6H2,1H3. The van der Waals surface area contributed by atoms with Crippen molar-refractivity contribution in [1.29, 1.82) is 0 Å². The molecule has 1 aromatic carbocycles. The minimum atomic E-state index is -5.23. The molecular formula is C19H27NO18. The first-order valence-corrected chi connectivity index (χ1v) is 10.4.